The summed E-state index contributed by atoms with van der Waals surface area (Å²) < 4.78 is 6.01. The SMILES string of the molecule is Cc1ccc2c(c1)N(CCC(N)=S)CC(C)(C)O2. The lowest BCUT2D eigenvalue weighted by atomic mass is 10.0. The van der Waals surface area contributed by atoms with Gasteiger partial charge in [-0.1, -0.05) is 18.3 Å². The highest BCUT2D eigenvalue weighted by Gasteiger charge is 2.31. The van der Waals surface area contributed by atoms with Crippen molar-refractivity contribution in [1.82, 2.24) is 0 Å². The van der Waals surface area contributed by atoms with Gasteiger partial charge in [-0.15, -0.1) is 0 Å². The zero-order chi connectivity index (χ0) is 13.3. The predicted octanol–water partition coefficient (Wildman–Crippen LogP) is 2.65. The summed E-state index contributed by atoms with van der Waals surface area (Å²) in [5.74, 6) is 0.944. The summed E-state index contributed by atoms with van der Waals surface area (Å²) in [6.45, 7) is 7.99. The summed E-state index contributed by atoms with van der Waals surface area (Å²) in [7, 11) is 0. The quantitative estimate of drug-likeness (QED) is 0.852. The van der Waals surface area contributed by atoms with Gasteiger partial charge in [0.15, 0.2) is 0 Å². The number of anilines is 1. The Bertz CT molecular complexity index is 471. The number of ether oxygens (including phenoxy) is 1. The molecule has 0 aromatic heterocycles. The molecular weight excluding hydrogens is 244 g/mol. The molecule has 98 valence electrons. The molecule has 1 aliphatic rings. The van der Waals surface area contributed by atoms with Crippen LogP contribution in [0, 0.1) is 6.92 Å². The minimum Gasteiger partial charge on any atom is -0.484 e. The Morgan fingerprint density at radius 2 is 2.22 bits per heavy atom. The predicted molar refractivity (Wildman–Crippen MR) is 79.5 cm³/mol. The Kier molecular flexibility index (Phi) is 3.48. The van der Waals surface area contributed by atoms with Crippen molar-refractivity contribution in [2.45, 2.75) is 32.8 Å². The van der Waals surface area contributed by atoms with Crippen LogP contribution in [-0.2, 0) is 0 Å². The maximum absolute atomic E-state index is 6.01. The van der Waals surface area contributed by atoms with Crippen molar-refractivity contribution in [1.29, 1.82) is 0 Å². The van der Waals surface area contributed by atoms with Gasteiger partial charge >= 0.3 is 0 Å². The van der Waals surface area contributed by atoms with Crippen LogP contribution in [0.15, 0.2) is 18.2 Å². The lowest BCUT2D eigenvalue weighted by Crippen LogP contribution is -2.47. The van der Waals surface area contributed by atoms with Gasteiger partial charge in [-0.3, -0.25) is 0 Å². The van der Waals surface area contributed by atoms with E-state index in [1.807, 2.05) is 6.07 Å². The van der Waals surface area contributed by atoms with Crippen LogP contribution in [0.1, 0.15) is 25.8 Å². The largest absolute Gasteiger partial charge is 0.484 e. The van der Waals surface area contributed by atoms with Crippen LogP contribution in [-0.4, -0.2) is 23.7 Å². The van der Waals surface area contributed by atoms with Gasteiger partial charge in [0.2, 0.25) is 0 Å². The highest BCUT2D eigenvalue weighted by Crippen LogP contribution is 2.37. The highest BCUT2D eigenvalue weighted by atomic mass is 32.1. The van der Waals surface area contributed by atoms with Crippen LogP contribution >= 0.6 is 12.2 Å². The van der Waals surface area contributed by atoms with E-state index < -0.39 is 0 Å². The third kappa shape index (κ3) is 2.93. The summed E-state index contributed by atoms with van der Waals surface area (Å²) >= 11 is 4.97. The smallest absolute Gasteiger partial charge is 0.143 e. The highest BCUT2D eigenvalue weighted by molar-refractivity contribution is 7.80. The molecule has 1 aromatic carbocycles. The van der Waals surface area contributed by atoms with Crippen LogP contribution in [0.4, 0.5) is 5.69 Å². The standard InChI is InChI=1S/C14H20N2OS/c1-10-4-5-12-11(8-10)16(7-6-13(15)18)9-14(2,3)17-12/h4-5,8H,6-7,9H2,1-3H3,(H2,15,18). The van der Waals surface area contributed by atoms with E-state index in [-0.39, 0.29) is 5.60 Å². The van der Waals surface area contributed by atoms with Crippen molar-refractivity contribution in [3.8, 4) is 5.75 Å². The Balaban J connectivity index is 2.29. The first-order valence-electron chi connectivity index (χ1n) is 6.20. The van der Waals surface area contributed by atoms with Gasteiger partial charge in [-0.25, -0.2) is 0 Å². The Morgan fingerprint density at radius 1 is 1.50 bits per heavy atom. The molecule has 1 aromatic rings. The first kappa shape index (κ1) is 13.1. The van der Waals surface area contributed by atoms with Crippen LogP contribution in [0.3, 0.4) is 0 Å². The fourth-order valence-electron chi connectivity index (χ4n) is 2.28. The fraction of sp³-hybridized carbons (Fsp3) is 0.500. The van der Waals surface area contributed by atoms with E-state index in [2.05, 4.69) is 37.8 Å². The van der Waals surface area contributed by atoms with Crippen molar-refractivity contribution >= 4 is 22.9 Å². The third-order valence-corrected chi connectivity index (χ3v) is 3.25. The number of fused-ring (bicyclic) bond motifs is 1. The maximum atomic E-state index is 6.01. The van der Waals surface area contributed by atoms with Crippen LogP contribution in [0.2, 0.25) is 0 Å². The minimum absolute atomic E-state index is 0.182. The topological polar surface area (TPSA) is 38.5 Å². The number of hydrogen-bond donors (Lipinski definition) is 1. The molecule has 0 saturated heterocycles. The van der Waals surface area contributed by atoms with E-state index in [1.165, 1.54) is 5.56 Å². The van der Waals surface area contributed by atoms with E-state index >= 15 is 0 Å². The molecule has 0 amide bonds. The first-order valence-corrected chi connectivity index (χ1v) is 6.61. The number of aryl methyl sites for hydroxylation is 1. The molecule has 18 heavy (non-hydrogen) atoms. The molecule has 4 heteroatoms. The van der Waals surface area contributed by atoms with Crippen molar-refractivity contribution < 1.29 is 4.74 Å². The molecule has 2 N–H and O–H groups in total. The van der Waals surface area contributed by atoms with Crippen molar-refractivity contribution in [3.05, 3.63) is 23.8 Å². The summed E-state index contributed by atoms with van der Waals surface area (Å²) in [5, 5.41) is 0. The summed E-state index contributed by atoms with van der Waals surface area (Å²) in [5.41, 5.74) is 7.80. The second-order valence-corrected chi connectivity index (χ2v) is 6.00. The average molecular weight is 264 g/mol. The van der Waals surface area contributed by atoms with Gasteiger partial charge in [0.05, 0.1) is 17.2 Å². The van der Waals surface area contributed by atoms with E-state index in [9.17, 15) is 0 Å². The van der Waals surface area contributed by atoms with Gasteiger partial charge < -0.3 is 15.4 Å². The molecule has 0 atom stereocenters. The Morgan fingerprint density at radius 3 is 2.89 bits per heavy atom. The van der Waals surface area contributed by atoms with Gasteiger partial charge in [0.1, 0.15) is 11.4 Å². The van der Waals surface area contributed by atoms with E-state index in [0.29, 0.717) is 4.99 Å². The third-order valence-electron chi connectivity index (χ3n) is 3.04. The Labute approximate surface area is 114 Å². The normalized spacial score (nSPS) is 16.9. The number of benzene rings is 1. The monoisotopic (exact) mass is 264 g/mol. The Hall–Kier alpha value is -1.29. The number of thiocarbonyl (C=S) groups is 1. The van der Waals surface area contributed by atoms with Crippen LogP contribution in [0.25, 0.3) is 0 Å². The molecule has 3 nitrogen and oxygen atoms in total. The average Bonchev–Trinajstić information content (AvgIpc) is 2.26. The zero-order valence-electron chi connectivity index (χ0n) is 11.2. The molecule has 2 rings (SSSR count). The van der Waals surface area contributed by atoms with Gasteiger partial charge in [0.25, 0.3) is 0 Å². The number of hydrogen-bond acceptors (Lipinski definition) is 3. The number of rotatable bonds is 3. The molecule has 0 aliphatic carbocycles. The maximum Gasteiger partial charge on any atom is 0.143 e. The molecule has 0 bridgehead atoms. The summed E-state index contributed by atoms with van der Waals surface area (Å²) in [6, 6.07) is 6.27. The summed E-state index contributed by atoms with van der Waals surface area (Å²) in [4.78, 5) is 2.87. The second-order valence-electron chi connectivity index (χ2n) is 5.47. The van der Waals surface area contributed by atoms with Gasteiger partial charge in [-0.2, -0.15) is 0 Å². The minimum atomic E-state index is -0.182. The van der Waals surface area contributed by atoms with E-state index in [0.717, 1.165) is 30.9 Å². The molecule has 0 saturated carbocycles. The van der Waals surface area contributed by atoms with Crippen LogP contribution < -0.4 is 15.4 Å². The molecule has 0 fully saturated rings. The molecular formula is C14H20N2OS. The molecule has 1 heterocycles. The summed E-state index contributed by atoms with van der Waals surface area (Å²) in [6.07, 6.45) is 0.735. The number of nitrogens with zero attached hydrogens (tertiary/aromatic N) is 1. The van der Waals surface area contributed by atoms with Crippen molar-refractivity contribution in [2.75, 3.05) is 18.0 Å². The van der Waals surface area contributed by atoms with E-state index in [1.54, 1.807) is 0 Å². The number of nitrogens with two attached hydrogens (primary N) is 1. The molecule has 1 aliphatic heterocycles. The lowest BCUT2D eigenvalue weighted by molar-refractivity contribution is 0.105. The molecule has 0 unspecified atom stereocenters. The molecule has 0 spiro atoms. The van der Waals surface area contributed by atoms with E-state index in [4.69, 9.17) is 22.7 Å². The zero-order valence-corrected chi connectivity index (χ0v) is 12.0. The fourth-order valence-corrected chi connectivity index (χ4v) is 2.37. The van der Waals surface area contributed by atoms with Gasteiger partial charge in [0, 0.05) is 13.0 Å². The van der Waals surface area contributed by atoms with Crippen LogP contribution in [0.5, 0.6) is 5.75 Å². The first-order chi connectivity index (χ1) is 8.37. The second kappa shape index (κ2) is 4.76. The molecule has 0 radical (unpaired) electrons. The lowest BCUT2D eigenvalue weighted by Gasteiger charge is -2.41. The van der Waals surface area contributed by atoms with Crippen molar-refractivity contribution in [3.63, 3.8) is 0 Å². The van der Waals surface area contributed by atoms with Crippen molar-refractivity contribution in [2.24, 2.45) is 5.73 Å². The van der Waals surface area contributed by atoms with Gasteiger partial charge in [-0.05, 0) is 38.5 Å².